The number of carbonyl (C=O) groups is 1. The number of hydrogen-bond donors (Lipinski definition) is 1. The fourth-order valence-corrected chi connectivity index (χ4v) is 3.59. The number of anilines is 1. The molecule has 28 heavy (non-hydrogen) atoms. The molecule has 1 aliphatic rings. The summed E-state index contributed by atoms with van der Waals surface area (Å²) in [7, 11) is 5.15. The van der Waals surface area contributed by atoms with Crippen LogP contribution in [0.5, 0.6) is 11.5 Å². The van der Waals surface area contributed by atoms with Crippen molar-refractivity contribution in [2.45, 2.75) is 13.0 Å². The largest absolute Gasteiger partial charge is 0.497 e. The smallest absolute Gasteiger partial charge is 0.317 e. The molecule has 3 rings (SSSR count). The lowest BCUT2D eigenvalue weighted by molar-refractivity contribution is 0.205. The number of benzene rings is 2. The van der Waals surface area contributed by atoms with E-state index in [0.717, 1.165) is 42.3 Å². The van der Waals surface area contributed by atoms with Gasteiger partial charge in [0.25, 0.3) is 0 Å². The minimum absolute atomic E-state index is 0.0569. The molecule has 1 saturated heterocycles. The zero-order chi connectivity index (χ0) is 19.9. The Morgan fingerprint density at radius 3 is 2.79 bits per heavy atom. The van der Waals surface area contributed by atoms with Crippen LogP contribution in [0.1, 0.15) is 12.0 Å². The fourth-order valence-electron chi connectivity index (χ4n) is 3.59. The summed E-state index contributed by atoms with van der Waals surface area (Å²) in [6.45, 7) is 3.11. The van der Waals surface area contributed by atoms with E-state index in [0.29, 0.717) is 19.0 Å². The number of rotatable bonds is 7. The van der Waals surface area contributed by atoms with Crippen LogP contribution in [-0.4, -0.2) is 51.8 Å². The predicted octanol–water partition coefficient (Wildman–Crippen LogP) is 3.37. The first kappa shape index (κ1) is 19.9. The number of para-hydroxylation sites is 2. The van der Waals surface area contributed by atoms with Crippen molar-refractivity contribution in [3.63, 3.8) is 0 Å². The van der Waals surface area contributed by atoms with Gasteiger partial charge in [-0.25, -0.2) is 4.79 Å². The third kappa shape index (κ3) is 4.88. The van der Waals surface area contributed by atoms with Gasteiger partial charge in [-0.3, -0.25) is 0 Å². The number of nitrogens with zero attached hydrogens (tertiary/aromatic N) is 2. The van der Waals surface area contributed by atoms with Crippen molar-refractivity contribution in [1.82, 2.24) is 10.2 Å². The molecule has 1 unspecified atom stereocenters. The minimum atomic E-state index is -0.0569. The molecular weight excluding hydrogens is 354 g/mol. The number of nitrogens with one attached hydrogen (secondary N) is 1. The van der Waals surface area contributed by atoms with Crippen LogP contribution < -0.4 is 19.7 Å². The third-order valence-corrected chi connectivity index (χ3v) is 5.15. The molecule has 2 amide bonds. The lowest BCUT2D eigenvalue weighted by Crippen LogP contribution is -2.39. The van der Waals surface area contributed by atoms with Crippen molar-refractivity contribution in [3.8, 4) is 11.5 Å². The van der Waals surface area contributed by atoms with Crippen LogP contribution in [0.2, 0.25) is 0 Å². The Morgan fingerprint density at radius 1 is 1.18 bits per heavy atom. The third-order valence-electron chi connectivity index (χ3n) is 5.15. The summed E-state index contributed by atoms with van der Waals surface area (Å²) >= 11 is 0. The SMILES string of the molecule is COc1cccc(CN(C)C(=O)NCC2CCN(c3ccccc3OC)C2)c1. The number of methoxy groups -OCH3 is 2. The molecular formula is C22H29N3O3. The summed E-state index contributed by atoms with van der Waals surface area (Å²) in [4.78, 5) is 16.5. The van der Waals surface area contributed by atoms with Gasteiger partial charge in [-0.05, 0) is 42.2 Å². The van der Waals surface area contributed by atoms with Crippen LogP contribution in [0, 0.1) is 5.92 Å². The van der Waals surface area contributed by atoms with Crippen LogP contribution in [0.4, 0.5) is 10.5 Å². The quantitative estimate of drug-likeness (QED) is 0.796. The van der Waals surface area contributed by atoms with Crippen LogP contribution in [0.25, 0.3) is 0 Å². The molecule has 0 spiro atoms. The molecule has 1 atom stereocenters. The maximum atomic E-state index is 12.5. The van der Waals surface area contributed by atoms with E-state index in [9.17, 15) is 4.79 Å². The van der Waals surface area contributed by atoms with Crippen LogP contribution in [-0.2, 0) is 6.54 Å². The number of amides is 2. The zero-order valence-electron chi connectivity index (χ0n) is 16.9. The second-order valence-electron chi connectivity index (χ2n) is 7.17. The highest BCUT2D eigenvalue weighted by Crippen LogP contribution is 2.31. The molecule has 0 radical (unpaired) electrons. The summed E-state index contributed by atoms with van der Waals surface area (Å²) in [5.41, 5.74) is 2.16. The Balaban J connectivity index is 1.48. The van der Waals surface area contributed by atoms with Crippen LogP contribution >= 0.6 is 0 Å². The molecule has 1 fully saturated rings. The Bertz CT molecular complexity index is 796. The molecule has 2 aromatic rings. The Hall–Kier alpha value is -2.89. The van der Waals surface area contributed by atoms with Crippen LogP contribution in [0.3, 0.4) is 0 Å². The van der Waals surface area contributed by atoms with Gasteiger partial charge in [-0.15, -0.1) is 0 Å². The minimum Gasteiger partial charge on any atom is -0.497 e. The van der Waals surface area contributed by atoms with Crippen molar-refractivity contribution in [1.29, 1.82) is 0 Å². The number of urea groups is 1. The molecule has 0 aliphatic carbocycles. The van der Waals surface area contributed by atoms with Gasteiger partial charge in [0.15, 0.2) is 0 Å². The number of carbonyl (C=O) groups excluding carboxylic acids is 1. The molecule has 0 aromatic heterocycles. The summed E-state index contributed by atoms with van der Waals surface area (Å²) in [5.74, 6) is 2.12. The second-order valence-corrected chi connectivity index (χ2v) is 7.17. The highest BCUT2D eigenvalue weighted by molar-refractivity contribution is 5.73. The molecule has 6 nitrogen and oxygen atoms in total. The van der Waals surface area contributed by atoms with E-state index in [1.165, 1.54) is 0 Å². The maximum Gasteiger partial charge on any atom is 0.317 e. The van der Waals surface area contributed by atoms with Gasteiger partial charge < -0.3 is 24.6 Å². The summed E-state index contributed by atoms with van der Waals surface area (Å²) in [6.07, 6.45) is 1.05. The van der Waals surface area contributed by atoms with Gasteiger partial charge in [-0.1, -0.05) is 24.3 Å². The normalized spacial score (nSPS) is 16.0. The maximum absolute atomic E-state index is 12.5. The van der Waals surface area contributed by atoms with Crippen LogP contribution in [0.15, 0.2) is 48.5 Å². The Kier molecular flexibility index (Phi) is 6.63. The van der Waals surface area contributed by atoms with Gasteiger partial charge in [0.1, 0.15) is 11.5 Å². The average molecular weight is 383 g/mol. The van der Waals surface area contributed by atoms with E-state index in [2.05, 4.69) is 16.3 Å². The topological polar surface area (TPSA) is 54.0 Å². The van der Waals surface area contributed by atoms with E-state index in [4.69, 9.17) is 9.47 Å². The molecule has 0 bridgehead atoms. The van der Waals surface area contributed by atoms with Gasteiger partial charge in [-0.2, -0.15) is 0 Å². The number of hydrogen-bond acceptors (Lipinski definition) is 4. The second kappa shape index (κ2) is 9.35. The highest BCUT2D eigenvalue weighted by atomic mass is 16.5. The summed E-state index contributed by atoms with van der Waals surface area (Å²) in [6, 6.07) is 15.8. The molecule has 1 N–H and O–H groups in total. The van der Waals surface area contributed by atoms with E-state index in [-0.39, 0.29) is 6.03 Å². The molecule has 1 heterocycles. The number of ether oxygens (including phenoxy) is 2. The molecule has 2 aromatic carbocycles. The summed E-state index contributed by atoms with van der Waals surface area (Å²) < 4.78 is 10.7. The first-order valence-corrected chi connectivity index (χ1v) is 9.60. The summed E-state index contributed by atoms with van der Waals surface area (Å²) in [5, 5.41) is 3.07. The lowest BCUT2D eigenvalue weighted by Gasteiger charge is -2.22. The van der Waals surface area contributed by atoms with Crippen molar-refractivity contribution in [3.05, 3.63) is 54.1 Å². The predicted molar refractivity (Wildman–Crippen MR) is 111 cm³/mol. The van der Waals surface area contributed by atoms with E-state index >= 15 is 0 Å². The van der Waals surface area contributed by atoms with Gasteiger partial charge in [0.2, 0.25) is 0 Å². The first-order valence-electron chi connectivity index (χ1n) is 9.60. The lowest BCUT2D eigenvalue weighted by atomic mass is 10.1. The zero-order valence-corrected chi connectivity index (χ0v) is 16.9. The standard InChI is InChI=1S/C22H29N3O3/c1-24(15-17-7-6-8-19(13-17)27-2)22(26)23-14-18-11-12-25(16-18)20-9-4-5-10-21(20)28-3/h4-10,13,18H,11-12,14-16H2,1-3H3,(H,23,26). The average Bonchev–Trinajstić information content (AvgIpc) is 3.20. The monoisotopic (exact) mass is 383 g/mol. The van der Waals surface area contributed by atoms with Crippen molar-refractivity contribution in [2.24, 2.45) is 5.92 Å². The van der Waals surface area contributed by atoms with Gasteiger partial charge >= 0.3 is 6.03 Å². The van der Waals surface area contributed by atoms with Gasteiger partial charge in [0.05, 0.1) is 19.9 Å². The Morgan fingerprint density at radius 2 is 2.00 bits per heavy atom. The van der Waals surface area contributed by atoms with Gasteiger partial charge in [0, 0.05) is 33.2 Å². The van der Waals surface area contributed by atoms with E-state index in [1.54, 1.807) is 19.1 Å². The van der Waals surface area contributed by atoms with Crippen molar-refractivity contribution < 1.29 is 14.3 Å². The van der Waals surface area contributed by atoms with Crippen molar-refractivity contribution >= 4 is 11.7 Å². The molecule has 6 heteroatoms. The molecule has 1 aliphatic heterocycles. The first-order chi connectivity index (χ1) is 13.6. The van der Waals surface area contributed by atoms with E-state index in [1.807, 2.05) is 49.5 Å². The molecule has 0 saturated carbocycles. The fraction of sp³-hybridized carbons (Fsp3) is 0.409. The Labute approximate surface area is 167 Å². The van der Waals surface area contributed by atoms with E-state index < -0.39 is 0 Å². The molecule has 150 valence electrons. The highest BCUT2D eigenvalue weighted by Gasteiger charge is 2.25. The van der Waals surface area contributed by atoms with Crippen molar-refractivity contribution in [2.75, 3.05) is 45.8 Å².